The van der Waals surface area contributed by atoms with Crippen LogP contribution < -0.4 is 0 Å². The second kappa shape index (κ2) is 6.96. The van der Waals surface area contributed by atoms with Gasteiger partial charge in [0.05, 0.1) is 24.1 Å². The number of rotatable bonds is 4. The van der Waals surface area contributed by atoms with Crippen LogP contribution in [0.25, 0.3) is 5.52 Å². The second-order valence-corrected chi connectivity index (χ2v) is 8.69. The molecule has 140 valence electrons. The van der Waals surface area contributed by atoms with Gasteiger partial charge in [0.1, 0.15) is 0 Å². The summed E-state index contributed by atoms with van der Waals surface area (Å²) < 4.78 is 2.04. The summed E-state index contributed by atoms with van der Waals surface area (Å²) in [6.07, 6.45) is 12.2. The number of fused-ring (bicyclic) bond motifs is 1. The average Bonchev–Trinajstić information content (AvgIpc) is 3.43. The van der Waals surface area contributed by atoms with Crippen molar-refractivity contribution in [3.63, 3.8) is 0 Å². The first-order valence-electron chi connectivity index (χ1n) is 10.1. The van der Waals surface area contributed by atoms with Crippen LogP contribution in [0, 0.1) is 5.92 Å². The standard InChI is InChI=1S/C23H25ClN2O/c24-19-3-1-2-18(12-19)15-4-8-17(9-5-15)23(27)22-20(16-6-7-16)10-11-26-14-25-13-21(22)26/h1-3,10-17,23,27H,4-9H2/t15?,17?,23-/m1/s1. The number of aliphatic hydroxyl groups excluding tert-OH is 1. The molecule has 0 unspecified atom stereocenters. The summed E-state index contributed by atoms with van der Waals surface area (Å²) in [5.74, 6) is 1.50. The minimum atomic E-state index is -0.402. The third-order valence-corrected chi connectivity index (χ3v) is 6.75. The van der Waals surface area contributed by atoms with Gasteiger partial charge in [-0.15, -0.1) is 0 Å². The Kier molecular flexibility index (Phi) is 4.45. The van der Waals surface area contributed by atoms with E-state index >= 15 is 0 Å². The molecule has 0 aliphatic heterocycles. The molecule has 4 heteroatoms. The molecule has 2 aliphatic carbocycles. The maximum atomic E-state index is 11.4. The fraction of sp³-hybridized carbons (Fsp3) is 0.435. The first-order chi connectivity index (χ1) is 13.2. The van der Waals surface area contributed by atoms with Crippen LogP contribution in [0.2, 0.25) is 5.02 Å². The van der Waals surface area contributed by atoms with E-state index in [1.165, 1.54) is 24.0 Å². The predicted molar refractivity (Wildman–Crippen MR) is 108 cm³/mol. The van der Waals surface area contributed by atoms with E-state index in [0.29, 0.717) is 17.8 Å². The number of aliphatic hydroxyl groups is 1. The van der Waals surface area contributed by atoms with Crippen LogP contribution >= 0.6 is 11.6 Å². The van der Waals surface area contributed by atoms with Crippen molar-refractivity contribution in [2.75, 3.05) is 0 Å². The molecule has 0 radical (unpaired) electrons. The summed E-state index contributed by atoms with van der Waals surface area (Å²) in [6.45, 7) is 0. The molecule has 0 amide bonds. The fourth-order valence-electron chi connectivity index (χ4n) is 4.87. The van der Waals surface area contributed by atoms with E-state index in [9.17, 15) is 5.11 Å². The van der Waals surface area contributed by atoms with Crippen molar-refractivity contribution >= 4 is 17.1 Å². The zero-order valence-corrected chi connectivity index (χ0v) is 16.1. The Balaban J connectivity index is 1.38. The fourth-order valence-corrected chi connectivity index (χ4v) is 5.07. The van der Waals surface area contributed by atoms with Gasteiger partial charge in [0.2, 0.25) is 0 Å². The van der Waals surface area contributed by atoms with E-state index in [1.54, 1.807) is 0 Å². The van der Waals surface area contributed by atoms with Crippen molar-refractivity contribution in [2.45, 2.75) is 56.5 Å². The summed E-state index contributed by atoms with van der Waals surface area (Å²) >= 11 is 6.17. The Morgan fingerprint density at radius 1 is 1.04 bits per heavy atom. The number of pyridine rings is 1. The van der Waals surface area contributed by atoms with Crippen LogP contribution in [0.4, 0.5) is 0 Å². The zero-order chi connectivity index (χ0) is 18.4. The lowest BCUT2D eigenvalue weighted by atomic mass is 9.75. The van der Waals surface area contributed by atoms with Crippen LogP contribution in [-0.2, 0) is 0 Å². The van der Waals surface area contributed by atoms with Crippen molar-refractivity contribution in [3.05, 3.63) is 70.8 Å². The molecule has 2 saturated carbocycles. The second-order valence-electron chi connectivity index (χ2n) is 8.26. The Labute approximate surface area is 165 Å². The molecule has 2 heterocycles. The first-order valence-corrected chi connectivity index (χ1v) is 10.5. The molecular weight excluding hydrogens is 356 g/mol. The Morgan fingerprint density at radius 3 is 2.56 bits per heavy atom. The zero-order valence-electron chi connectivity index (χ0n) is 15.4. The van der Waals surface area contributed by atoms with Crippen molar-refractivity contribution in [2.24, 2.45) is 5.92 Å². The highest BCUT2D eigenvalue weighted by molar-refractivity contribution is 6.30. The highest BCUT2D eigenvalue weighted by Gasteiger charge is 2.34. The molecule has 5 rings (SSSR count). The molecule has 1 N–H and O–H groups in total. The maximum Gasteiger partial charge on any atom is 0.0992 e. The van der Waals surface area contributed by atoms with Gasteiger partial charge in [-0.25, -0.2) is 4.98 Å². The van der Waals surface area contributed by atoms with E-state index < -0.39 is 6.10 Å². The van der Waals surface area contributed by atoms with Gasteiger partial charge in [0.25, 0.3) is 0 Å². The molecule has 2 aromatic heterocycles. The lowest BCUT2D eigenvalue weighted by Gasteiger charge is -2.33. The minimum Gasteiger partial charge on any atom is -0.388 e. The summed E-state index contributed by atoms with van der Waals surface area (Å²) in [5, 5.41) is 12.2. The molecule has 2 aliphatic rings. The summed E-state index contributed by atoms with van der Waals surface area (Å²) in [5.41, 5.74) is 4.88. The number of nitrogens with zero attached hydrogens (tertiary/aromatic N) is 2. The van der Waals surface area contributed by atoms with Gasteiger partial charge in [-0.1, -0.05) is 23.7 Å². The Morgan fingerprint density at radius 2 is 1.81 bits per heavy atom. The molecule has 3 nitrogen and oxygen atoms in total. The van der Waals surface area contributed by atoms with E-state index in [1.807, 2.05) is 29.1 Å². The maximum absolute atomic E-state index is 11.4. The average molecular weight is 381 g/mol. The highest BCUT2D eigenvalue weighted by Crippen LogP contribution is 2.48. The molecule has 1 aromatic carbocycles. The van der Waals surface area contributed by atoms with Gasteiger partial charge in [-0.3, -0.25) is 0 Å². The van der Waals surface area contributed by atoms with Crippen molar-refractivity contribution in [3.8, 4) is 0 Å². The van der Waals surface area contributed by atoms with Crippen LogP contribution in [0.3, 0.4) is 0 Å². The Hall–Kier alpha value is -1.84. The molecule has 0 spiro atoms. The van der Waals surface area contributed by atoms with Crippen molar-refractivity contribution in [1.82, 2.24) is 9.38 Å². The summed E-state index contributed by atoms with van der Waals surface area (Å²) in [6, 6.07) is 10.5. The van der Waals surface area contributed by atoms with E-state index in [2.05, 4.69) is 29.4 Å². The van der Waals surface area contributed by atoms with Gasteiger partial charge >= 0.3 is 0 Å². The minimum absolute atomic E-state index is 0.319. The van der Waals surface area contributed by atoms with Crippen LogP contribution in [-0.4, -0.2) is 14.5 Å². The first kappa shape index (κ1) is 17.3. The lowest BCUT2D eigenvalue weighted by molar-refractivity contribution is 0.0810. The Bertz CT molecular complexity index is 954. The third kappa shape index (κ3) is 3.28. The van der Waals surface area contributed by atoms with Crippen LogP contribution in [0.15, 0.2) is 49.1 Å². The molecule has 0 bridgehead atoms. The van der Waals surface area contributed by atoms with E-state index in [4.69, 9.17) is 11.6 Å². The molecule has 1 atom stereocenters. The number of aromatic nitrogens is 2. The highest BCUT2D eigenvalue weighted by atomic mass is 35.5. The predicted octanol–water partition coefficient (Wildman–Crippen LogP) is 5.87. The summed E-state index contributed by atoms with van der Waals surface area (Å²) in [4.78, 5) is 4.31. The molecule has 3 aromatic rings. The monoisotopic (exact) mass is 380 g/mol. The molecular formula is C23H25ClN2O. The van der Waals surface area contributed by atoms with Gasteiger partial charge in [0, 0.05) is 16.8 Å². The smallest absolute Gasteiger partial charge is 0.0992 e. The van der Waals surface area contributed by atoms with Gasteiger partial charge < -0.3 is 9.51 Å². The number of imidazole rings is 1. The van der Waals surface area contributed by atoms with Crippen molar-refractivity contribution < 1.29 is 5.11 Å². The number of hydrogen-bond donors (Lipinski definition) is 1. The lowest BCUT2D eigenvalue weighted by Crippen LogP contribution is -2.21. The molecule has 0 saturated heterocycles. The SMILES string of the molecule is O[C@@H](c1c(C2CC2)ccn2cncc12)C1CCC(c2cccc(Cl)c2)CC1. The van der Waals surface area contributed by atoms with Crippen molar-refractivity contribution in [1.29, 1.82) is 0 Å². The summed E-state index contributed by atoms with van der Waals surface area (Å²) in [7, 11) is 0. The molecule has 27 heavy (non-hydrogen) atoms. The molecule has 2 fully saturated rings. The van der Waals surface area contributed by atoms with Gasteiger partial charge in [-0.05, 0) is 85.6 Å². The quantitative estimate of drug-likeness (QED) is 0.614. The van der Waals surface area contributed by atoms with E-state index in [0.717, 1.165) is 41.8 Å². The number of halogens is 1. The number of hydrogen-bond acceptors (Lipinski definition) is 2. The van der Waals surface area contributed by atoms with Crippen LogP contribution in [0.5, 0.6) is 0 Å². The number of benzene rings is 1. The van der Waals surface area contributed by atoms with Gasteiger partial charge in [0.15, 0.2) is 0 Å². The largest absolute Gasteiger partial charge is 0.388 e. The normalized spacial score (nSPS) is 24.2. The topological polar surface area (TPSA) is 37.5 Å². The van der Waals surface area contributed by atoms with Gasteiger partial charge in [-0.2, -0.15) is 0 Å². The third-order valence-electron chi connectivity index (χ3n) is 6.52. The van der Waals surface area contributed by atoms with E-state index in [-0.39, 0.29) is 0 Å². The van der Waals surface area contributed by atoms with Crippen LogP contribution in [0.1, 0.15) is 73.2 Å².